The number of primary amides is 1. The van der Waals surface area contributed by atoms with Crippen LogP contribution in [0.15, 0.2) is 47.4 Å². The number of ether oxygens (including phenoxy) is 1. The molecule has 0 aliphatic rings. The smallest absolute Gasteiger partial charge is 0.252 e. The van der Waals surface area contributed by atoms with Gasteiger partial charge in [0.05, 0.1) is 17.2 Å². The third-order valence-corrected chi connectivity index (χ3v) is 4.34. The second-order valence-electron chi connectivity index (χ2n) is 4.13. The number of carbonyl (C=O) groups excluding carboxylic acids is 1. The van der Waals surface area contributed by atoms with Crippen LogP contribution in [-0.2, 0) is 0 Å². The van der Waals surface area contributed by atoms with E-state index in [9.17, 15) is 4.79 Å². The van der Waals surface area contributed by atoms with Gasteiger partial charge < -0.3 is 10.5 Å². The molecule has 0 spiro atoms. The average Bonchev–Trinajstić information content (AvgIpc) is 2.47. The highest BCUT2D eigenvalue weighted by molar-refractivity contribution is 7.99. The average molecular weight is 342 g/mol. The minimum atomic E-state index is -0.504. The molecule has 0 aliphatic heterocycles. The first-order valence-corrected chi connectivity index (χ1v) is 7.91. The van der Waals surface area contributed by atoms with Crippen LogP contribution in [0.1, 0.15) is 10.4 Å². The van der Waals surface area contributed by atoms with Gasteiger partial charge in [0.1, 0.15) is 5.75 Å². The fourth-order valence-corrected chi connectivity index (χ4v) is 3.01. The van der Waals surface area contributed by atoms with Crippen LogP contribution in [0.4, 0.5) is 0 Å². The maximum atomic E-state index is 11.3. The minimum absolute atomic E-state index is 0.378. The van der Waals surface area contributed by atoms with Crippen molar-refractivity contribution in [1.29, 1.82) is 0 Å². The Labute approximate surface area is 137 Å². The maximum absolute atomic E-state index is 11.3. The SMILES string of the molecule is NC(=O)c1ccccc1OCCSc1cc(Cl)ccc1Cl. The number of hydrogen-bond acceptors (Lipinski definition) is 3. The van der Waals surface area contributed by atoms with Gasteiger partial charge in [-0.05, 0) is 30.3 Å². The standard InChI is InChI=1S/C15H13Cl2NO2S/c16-10-5-6-12(17)14(9-10)21-8-7-20-13-4-2-1-3-11(13)15(18)19/h1-6,9H,7-8H2,(H2,18,19). The van der Waals surface area contributed by atoms with Gasteiger partial charge in [-0.3, -0.25) is 4.79 Å². The predicted octanol–water partition coefficient (Wildman–Crippen LogP) is 4.26. The number of amides is 1. The number of halogens is 2. The van der Waals surface area contributed by atoms with Gasteiger partial charge in [0.15, 0.2) is 0 Å². The van der Waals surface area contributed by atoms with Gasteiger partial charge in [-0.2, -0.15) is 0 Å². The molecule has 1 amide bonds. The Morgan fingerprint density at radius 1 is 1.19 bits per heavy atom. The Kier molecular flexibility index (Phi) is 5.79. The molecule has 0 fully saturated rings. The Bertz CT molecular complexity index is 649. The number of rotatable bonds is 6. The Balaban J connectivity index is 1.91. The van der Waals surface area contributed by atoms with Crippen LogP contribution in [0.2, 0.25) is 10.0 Å². The van der Waals surface area contributed by atoms with Crippen molar-refractivity contribution in [1.82, 2.24) is 0 Å². The first-order valence-electron chi connectivity index (χ1n) is 6.17. The number of carbonyl (C=O) groups is 1. The van der Waals surface area contributed by atoms with Crippen LogP contribution in [0.25, 0.3) is 0 Å². The van der Waals surface area contributed by atoms with E-state index >= 15 is 0 Å². The monoisotopic (exact) mass is 341 g/mol. The molecule has 0 saturated carbocycles. The fraction of sp³-hybridized carbons (Fsp3) is 0.133. The molecule has 0 unspecified atom stereocenters. The van der Waals surface area contributed by atoms with Crippen molar-refractivity contribution in [2.75, 3.05) is 12.4 Å². The molecule has 2 rings (SSSR count). The summed E-state index contributed by atoms with van der Waals surface area (Å²) >= 11 is 13.5. The van der Waals surface area contributed by atoms with E-state index in [1.54, 1.807) is 36.4 Å². The van der Waals surface area contributed by atoms with Crippen LogP contribution in [-0.4, -0.2) is 18.3 Å². The van der Waals surface area contributed by atoms with E-state index in [2.05, 4.69) is 0 Å². The summed E-state index contributed by atoms with van der Waals surface area (Å²) in [4.78, 5) is 12.2. The fourth-order valence-electron chi connectivity index (χ4n) is 1.69. The largest absolute Gasteiger partial charge is 0.492 e. The van der Waals surface area contributed by atoms with Crippen molar-refractivity contribution in [2.45, 2.75) is 4.90 Å². The first kappa shape index (κ1) is 16.0. The number of thioether (sulfide) groups is 1. The summed E-state index contributed by atoms with van der Waals surface area (Å²) in [5.41, 5.74) is 5.67. The van der Waals surface area contributed by atoms with Crippen LogP contribution in [0.5, 0.6) is 5.75 Å². The van der Waals surface area contributed by atoms with E-state index in [1.807, 2.05) is 6.07 Å². The summed E-state index contributed by atoms with van der Waals surface area (Å²) in [7, 11) is 0. The summed E-state index contributed by atoms with van der Waals surface area (Å²) in [6, 6.07) is 12.2. The van der Waals surface area contributed by atoms with E-state index in [4.69, 9.17) is 33.7 Å². The van der Waals surface area contributed by atoms with Gasteiger partial charge in [-0.1, -0.05) is 35.3 Å². The molecule has 2 aromatic carbocycles. The van der Waals surface area contributed by atoms with Gasteiger partial charge in [0.2, 0.25) is 0 Å². The molecule has 0 heterocycles. The maximum Gasteiger partial charge on any atom is 0.252 e. The van der Waals surface area contributed by atoms with Gasteiger partial charge >= 0.3 is 0 Å². The lowest BCUT2D eigenvalue weighted by atomic mass is 10.2. The van der Waals surface area contributed by atoms with Crippen molar-refractivity contribution in [3.05, 3.63) is 58.1 Å². The van der Waals surface area contributed by atoms with Gasteiger partial charge in [0.25, 0.3) is 5.91 Å². The van der Waals surface area contributed by atoms with E-state index in [1.165, 1.54) is 11.8 Å². The molecule has 21 heavy (non-hydrogen) atoms. The molecule has 0 saturated heterocycles. The van der Waals surface area contributed by atoms with Crippen molar-refractivity contribution < 1.29 is 9.53 Å². The molecule has 0 radical (unpaired) electrons. The van der Waals surface area contributed by atoms with E-state index in [0.717, 1.165) is 4.90 Å². The molecular weight excluding hydrogens is 329 g/mol. The molecule has 2 aromatic rings. The molecule has 110 valence electrons. The topological polar surface area (TPSA) is 52.3 Å². The number of benzene rings is 2. The highest BCUT2D eigenvalue weighted by Gasteiger charge is 2.08. The lowest BCUT2D eigenvalue weighted by Crippen LogP contribution is -2.13. The third kappa shape index (κ3) is 4.56. The first-order chi connectivity index (χ1) is 10.1. The number of nitrogens with two attached hydrogens (primary N) is 1. The summed E-state index contributed by atoms with van der Waals surface area (Å²) < 4.78 is 5.59. The Morgan fingerprint density at radius 3 is 2.71 bits per heavy atom. The van der Waals surface area contributed by atoms with Crippen LogP contribution in [0, 0.1) is 0 Å². The summed E-state index contributed by atoms with van der Waals surface area (Å²) in [5.74, 6) is 0.659. The van der Waals surface area contributed by atoms with Gasteiger partial charge in [-0.15, -0.1) is 11.8 Å². The van der Waals surface area contributed by atoms with Crippen molar-refractivity contribution in [3.8, 4) is 5.75 Å². The summed E-state index contributed by atoms with van der Waals surface area (Å²) in [6.45, 7) is 0.428. The second kappa shape index (κ2) is 7.59. The molecular formula is C15H13Cl2NO2S. The van der Waals surface area contributed by atoms with Crippen LogP contribution >= 0.6 is 35.0 Å². The number of para-hydroxylation sites is 1. The normalized spacial score (nSPS) is 10.4. The zero-order chi connectivity index (χ0) is 15.2. The molecule has 0 bridgehead atoms. The van der Waals surface area contributed by atoms with Crippen molar-refractivity contribution in [3.63, 3.8) is 0 Å². The summed E-state index contributed by atoms with van der Waals surface area (Å²) in [5, 5.41) is 1.30. The third-order valence-electron chi connectivity index (χ3n) is 2.64. The highest BCUT2D eigenvalue weighted by atomic mass is 35.5. The number of hydrogen-bond donors (Lipinski definition) is 1. The molecule has 0 atom stereocenters. The van der Waals surface area contributed by atoms with Crippen molar-refractivity contribution >= 4 is 40.9 Å². The van der Waals surface area contributed by atoms with Crippen LogP contribution in [0.3, 0.4) is 0 Å². The predicted molar refractivity (Wildman–Crippen MR) is 87.6 cm³/mol. The minimum Gasteiger partial charge on any atom is -0.492 e. The quantitative estimate of drug-likeness (QED) is 0.630. The zero-order valence-corrected chi connectivity index (χ0v) is 13.3. The lowest BCUT2D eigenvalue weighted by molar-refractivity contribution is 0.0996. The van der Waals surface area contributed by atoms with E-state index < -0.39 is 5.91 Å². The molecule has 3 nitrogen and oxygen atoms in total. The van der Waals surface area contributed by atoms with Gasteiger partial charge in [-0.25, -0.2) is 0 Å². The van der Waals surface area contributed by atoms with Crippen molar-refractivity contribution in [2.24, 2.45) is 5.73 Å². The Morgan fingerprint density at radius 2 is 1.95 bits per heavy atom. The van der Waals surface area contributed by atoms with Crippen LogP contribution < -0.4 is 10.5 Å². The summed E-state index contributed by atoms with van der Waals surface area (Å²) in [6.07, 6.45) is 0. The molecule has 6 heteroatoms. The van der Waals surface area contributed by atoms with E-state index in [0.29, 0.717) is 33.7 Å². The molecule has 2 N–H and O–H groups in total. The van der Waals surface area contributed by atoms with E-state index in [-0.39, 0.29) is 0 Å². The second-order valence-corrected chi connectivity index (χ2v) is 6.11. The Hall–Kier alpha value is -1.36. The molecule has 0 aromatic heterocycles. The zero-order valence-electron chi connectivity index (χ0n) is 11.0. The van der Waals surface area contributed by atoms with Gasteiger partial charge in [0, 0.05) is 15.7 Å². The molecule has 0 aliphatic carbocycles. The highest BCUT2D eigenvalue weighted by Crippen LogP contribution is 2.29. The lowest BCUT2D eigenvalue weighted by Gasteiger charge is -2.09.